The molecule has 0 aromatic carbocycles. The molecule has 0 heterocycles. The first-order chi connectivity index (χ1) is 41.0. The molecule has 0 aromatic rings. The molecule has 6 nitrogen and oxygen atoms in total. The summed E-state index contributed by atoms with van der Waals surface area (Å²) in [6, 6.07) is 0. The normalized spacial score (nSPS) is 12.8. The molecule has 0 N–H and O–H groups in total. The molecule has 0 aliphatic carbocycles. The smallest absolute Gasteiger partial charge is 0.306 e. The molecule has 0 saturated heterocycles. The van der Waals surface area contributed by atoms with Crippen LogP contribution in [0, 0.1) is 0 Å². The van der Waals surface area contributed by atoms with Crippen molar-refractivity contribution >= 4 is 17.9 Å². The highest BCUT2D eigenvalue weighted by Crippen LogP contribution is 2.18. The monoisotopic (exact) mass is 1150 g/mol. The molecule has 0 amide bonds. The van der Waals surface area contributed by atoms with Crippen molar-refractivity contribution in [2.45, 2.75) is 348 Å². The summed E-state index contributed by atoms with van der Waals surface area (Å²) < 4.78 is 16.8. The molecule has 0 saturated carbocycles. The maximum Gasteiger partial charge on any atom is 0.306 e. The third-order valence-corrected chi connectivity index (χ3v) is 15.2. The summed E-state index contributed by atoms with van der Waals surface area (Å²) in [5.74, 6) is -0.990. The van der Waals surface area contributed by atoms with Gasteiger partial charge in [-0.15, -0.1) is 0 Å². The van der Waals surface area contributed by atoms with Crippen LogP contribution in [0.2, 0.25) is 0 Å². The van der Waals surface area contributed by atoms with Crippen molar-refractivity contribution in [3.63, 3.8) is 0 Å². The maximum absolute atomic E-state index is 12.9. The fraction of sp³-hybridized carbons (Fsp3) is 0.727. The first-order valence-corrected chi connectivity index (χ1v) is 35.4. The van der Waals surface area contributed by atoms with Gasteiger partial charge in [-0.3, -0.25) is 14.4 Å². The van der Waals surface area contributed by atoms with E-state index in [4.69, 9.17) is 14.2 Å². The zero-order chi connectivity index (χ0) is 59.9. The van der Waals surface area contributed by atoms with E-state index in [1.165, 1.54) is 193 Å². The molecule has 476 valence electrons. The summed E-state index contributed by atoms with van der Waals surface area (Å²) in [4.78, 5) is 38.3. The Bertz CT molecular complexity index is 1660. The lowest BCUT2D eigenvalue weighted by Crippen LogP contribution is -2.30. The third kappa shape index (κ3) is 68.7. The van der Waals surface area contributed by atoms with Gasteiger partial charge in [-0.05, 0) is 116 Å². The third-order valence-electron chi connectivity index (χ3n) is 15.2. The summed E-state index contributed by atoms with van der Waals surface area (Å²) in [6.07, 6.45) is 97.3. The molecule has 0 fully saturated rings. The number of hydrogen-bond acceptors (Lipinski definition) is 6. The number of allylic oxidation sites excluding steroid dienone is 18. The van der Waals surface area contributed by atoms with E-state index in [0.29, 0.717) is 19.3 Å². The topological polar surface area (TPSA) is 78.9 Å². The largest absolute Gasteiger partial charge is 0.462 e. The van der Waals surface area contributed by atoms with Gasteiger partial charge in [0.15, 0.2) is 6.10 Å². The summed E-state index contributed by atoms with van der Waals surface area (Å²) in [5, 5.41) is 0. The molecule has 0 aliphatic heterocycles. The second-order valence-corrected chi connectivity index (χ2v) is 23.4. The van der Waals surface area contributed by atoms with Gasteiger partial charge >= 0.3 is 17.9 Å². The molecular weight excluding hydrogens is 1020 g/mol. The quantitative estimate of drug-likeness (QED) is 0.0261. The van der Waals surface area contributed by atoms with E-state index in [-0.39, 0.29) is 37.5 Å². The summed E-state index contributed by atoms with van der Waals surface area (Å²) in [7, 11) is 0. The van der Waals surface area contributed by atoms with Crippen molar-refractivity contribution in [3.05, 3.63) is 109 Å². The minimum atomic E-state index is -0.822. The standard InChI is InChI=1S/C77H132O6/c1-4-7-10-13-16-19-22-25-27-29-30-31-32-33-34-35-36-37-38-39-40-41-42-43-44-45-46-48-49-52-55-58-61-64-67-70-76(79)82-73-74(72-81-75(78)69-66-63-60-57-54-51-24-21-18-15-12-9-6-3)83-77(80)71-68-65-62-59-56-53-50-47-28-26-23-20-17-14-11-8-5-2/h8-9,11-12,17-18,20-21,26,28-30,50-51,53-54,59,62,74H,4-7,10,13-16,19,22-25,27,31-49,52,55-58,60-61,63-73H2,1-3H3/b11-8-,12-9-,20-17-,21-18-,28-26-,30-29-,53-50-,54-51-,62-59-. The Kier molecular flexibility index (Phi) is 67.2. The van der Waals surface area contributed by atoms with Crippen molar-refractivity contribution in [2.75, 3.05) is 13.2 Å². The zero-order valence-corrected chi connectivity index (χ0v) is 54.7. The van der Waals surface area contributed by atoms with E-state index < -0.39 is 6.10 Å². The average Bonchev–Trinajstić information content (AvgIpc) is 3.49. The number of rotatable bonds is 64. The van der Waals surface area contributed by atoms with Crippen LogP contribution in [0.15, 0.2) is 109 Å². The van der Waals surface area contributed by atoms with Crippen LogP contribution in [0.4, 0.5) is 0 Å². The van der Waals surface area contributed by atoms with Gasteiger partial charge in [-0.2, -0.15) is 0 Å². The highest BCUT2D eigenvalue weighted by Gasteiger charge is 2.19. The van der Waals surface area contributed by atoms with Crippen LogP contribution in [-0.4, -0.2) is 37.2 Å². The summed E-state index contributed by atoms with van der Waals surface area (Å²) in [6.45, 7) is 6.37. The van der Waals surface area contributed by atoms with Gasteiger partial charge in [0.1, 0.15) is 13.2 Å². The minimum absolute atomic E-state index is 0.109. The Morgan fingerprint density at radius 2 is 0.482 bits per heavy atom. The Hall–Kier alpha value is -3.93. The number of ether oxygens (including phenoxy) is 3. The summed E-state index contributed by atoms with van der Waals surface area (Å²) >= 11 is 0. The predicted octanol–water partition coefficient (Wildman–Crippen LogP) is 24.6. The van der Waals surface area contributed by atoms with E-state index >= 15 is 0 Å². The molecule has 83 heavy (non-hydrogen) atoms. The lowest BCUT2D eigenvalue weighted by Gasteiger charge is -2.18. The fourth-order valence-electron chi connectivity index (χ4n) is 10.0. The Morgan fingerprint density at radius 3 is 0.795 bits per heavy atom. The minimum Gasteiger partial charge on any atom is -0.462 e. The number of carbonyl (C=O) groups is 3. The van der Waals surface area contributed by atoms with Crippen molar-refractivity contribution in [3.8, 4) is 0 Å². The van der Waals surface area contributed by atoms with Crippen molar-refractivity contribution in [1.82, 2.24) is 0 Å². The Balaban J connectivity index is 4.16. The molecule has 1 atom stereocenters. The second-order valence-electron chi connectivity index (χ2n) is 23.4. The fourth-order valence-corrected chi connectivity index (χ4v) is 10.0. The lowest BCUT2D eigenvalue weighted by atomic mass is 10.0. The van der Waals surface area contributed by atoms with Crippen LogP contribution < -0.4 is 0 Å². The molecule has 0 aromatic heterocycles. The predicted molar refractivity (Wildman–Crippen MR) is 362 cm³/mol. The summed E-state index contributed by atoms with van der Waals surface area (Å²) in [5.41, 5.74) is 0. The van der Waals surface area contributed by atoms with Crippen LogP contribution in [-0.2, 0) is 28.6 Å². The van der Waals surface area contributed by atoms with Gasteiger partial charge in [-0.1, -0.05) is 316 Å². The molecule has 1 unspecified atom stereocenters. The molecule has 0 bridgehead atoms. The van der Waals surface area contributed by atoms with Crippen LogP contribution in [0.3, 0.4) is 0 Å². The van der Waals surface area contributed by atoms with Gasteiger partial charge in [0, 0.05) is 19.3 Å². The molecule has 0 rings (SSSR count). The average molecular weight is 1150 g/mol. The van der Waals surface area contributed by atoms with Gasteiger partial charge in [0.25, 0.3) is 0 Å². The number of carbonyl (C=O) groups excluding carboxylic acids is 3. The SMILES string of the molecule is CC/C=C\C/C=C\C/C=C\C/C=C\C/C=C\CCCC(=O)OC(COC(=O)CCCCC/C=C\C/C=C\C/C=C\CC)COC(=O)CCCCCCCCCCCCCCCCCCCCCCCCC/C=C\CCCCCCCCCC. The number of esters is 3. The van der Waals surface area contributed by atoms with E-state index in [1.807, 2.05) is 0 Å². The van der Waals surface area contributed by atoms with Crippen LogP contribution in [0.25, 0.3) is 0 Å². The highest BCUT2D eigenvalue weighted by molar-refractivity contribution is 5.71. The van der Waals surface area contributed by atoms with Gasteiger partial charge in [0.2, 0.25) is 0 Å². The van der Waals surface area contributed by atoms with Gasteiger partial charge < -0.3 is 14.2 Å². The Morgan fingerprint density at radius 1 is 0.253 bits per heavy atom. The number of hydrogen-bond donors (Lipinski definition) is 0. The molecule has 0 radical (unpaired) electrons. The molecular formula is C77H132O6. The van der Waals surface area contributed by atoms with E-state index in [0.717, 1.165) is 103 Å². The van der Waals surface area contributed by atoms with E-state index in [1.54, 1.807) is 0 Å². The van der Waals surface area contributed by atoms with E-state index in [9.17, 15) is 14.4 Å². The second kappa shape index (κ2) is 70.6. The van der Waals surface area contributed by atoms with Crippen molar-refractivity contribution in [1.29, 1.82) is 0 Å². The van der Waals surface area contributed by atoms with E-state index in [2.05, 4.69) is 130 Å². The first-order valence-electron chi connectivity index (χ1n) is 35.4. The van der Waals surface area contributed by atoms with Crippen molar-refractivity contribution < 1.29 is 28.6 Å². The van der Waals surface area contributed by atoms with Gasteiger partial charge in [0.05, 0.1) is 0 Å². The maximum atomic E-state index is 12.9. The zero-order valence-electron chi connectivity index (χ0n) is 54.7. The molecule has 0 spiro atoms. The van der Waals surface area contributed by atoms with Crippen LogP contribution in [0.5, 0.6) is 0 Å². The first kappa shape index (κ1) is 79.1. The molecule has 0 aliphatic rings. The number of unbranched alkanes of at least 4 members (excludes halogenated alkanes) is 35. The lowest BCUT2D eigenvalue weighted by molar-refractivity contribution is -0.167. The molecule has 6 heteroatoms. The van der Waals surface area contributed by atoms with Crippen molar-refractivity contribution in [2.24, 2.45) is 0 Å². The van der Waals surface area contributed by atoms with Crippen LogP contribution >= 0.6 is 0 Å². The highest BCUT2D eigenvalue weighted by atomic mass is 16.6. The Labute approximate surface area is 514 Å². The van der Waals surface area contributed by atoms with Gasteiger partial charge in [-0.25, -0.2) is 0 Å². The van der Waals surface area contributed by atoms with Crippen LogP contribution in [0.1, 0.15) is 342 Å².